The Morgan fingerprint density at radius 1 is 0.968 bits per heavy atom. The fourth-order valence-corrected chi connectivity index (χ4v) is 4.45. The van der Waals surface area contributed by atoms with E-state index in [0.717, 1.165) is 49.3 Å². The Kier molecular flexibility index (Phi) is 5.03. The number of amides is 1. The van der Waals surface area contributed by atoms with Crippen LogP contribution in [0.25, 0.3) is 16.6 Å². The molecule has 1 amide bonds. The van der Waals surface area contributed by atoms with Gasteiger partial charge in [-0.15, -0.1) is 0 Å². The first-order valence-corrected chi connectivity index (χ1v) is 10.6. The number of hydrogen-bond acceptors (Lipinski definition) is 4. The minimum atomic E-state index is -0.263. The van der Waals surface area contributed by atoms with Crippen LogP contribution in [0.15, 0.2) is 65.5 Å². The molecule has 2 aromatic heterocycles. The molecule has 1 aliphatic heterocycles. The minimum absolute atomic E-state index is 0.0834. The summed E-state index contributed by atoms with van der Waals surface area (Å²) in [5.74, 6) is 0.0834. The van der Waals surface area contributed by atoms with Gasteiger partial charge in [0, 0.05) is 49.9 Å². The van der Waals surface area contributed by atoms with Crippen LogP contribution < -0.4 is 5.56 Å². The number of aromatic nitrogens is 3. The quantitative estimate of drug-likeness (QED) is 0.513. The summed E-state index contributed by atoms with van der Waals surface area (Å²) in [7, 11) is 0. The average molecular weight is 415 g/mol. The highest BCUT2D eigenvalue weighted by Gasteiger charge is 2.23. The lowest BCUT2D eigenvalue weighted by Gasteiger charge is -2.35. The summed E-state index contributed by atoms with van der Waals surface area (Å²) < 4.78 is 3.82. The molecule has 0 unspecified atom stereocenters. The second-order valence-electron chi connectivity index (χ2n) is 8.09. The number of fused-ring (bicyclic) bond motifs is 3. The van der Waals surface area contributed by atoms with Crippen LogP contribution in [-0.2, 0) is 17.9 Å². The lowest BCUT2D eigenvalue weighted by atomic mass is 10.2. The van der Waals surface area contributed by atoms with Crippen molar-refractivity contribution in [2.24, 2.45) is 0 Å². The number of benzene rings is 2. The molecule has 1 aliphatic rings. The molecule has 0 saturated carbocycles. The Hall–Kier alpha value is -3.45. The van der Waals surface area contributed by atoms with Crippen molar-refractivity contribution < 1.29 is 4.79 Å². The molecule has 7 nitrogen and oxygen atoms in total. The Morgan fingerprint density at radius 3 is 2.45 bits per heavy atom. The summed E-state index contributed by atoms with van der Waals surface area (Å²) in [6.07, 6.45) is 0. The number of nitrogens with zero attached hydrogens (tertiary/aromatic N) is 5. The van der Waals surface area contributed by atoms with Crippen molar-refractivity contribution in [1.29, 1.82) is 0 Å². The fourth-order valence-electron chi connectivity index (χ4n) is 4.45. The highest BCUT2D eigenvalue weighted by molar-refractivity contribution is 5.93. The molecule has 7 heteroatoms. The van der Waals surface area contributed by atoms with Crippen molar-refractivity contribution in [3.8, 4) is 0 Å². The number of piperazine rings is 1. The average Bonchev–Trinajstić information content (AvgIpc) is 3.09. The molecule has 0 N–H and O–H groups in total. The maximum atomic E-state index is 13.2. The van der Waals surface area contributed by atoms with Gasteiger partial charge in [0.2, 0.25) is 5.91 Å². The number of hydrogen-bond donors (Lipinski definition) is 0. The number of carbonyl (C=O) groups excluding carboxylic acids is 1. The second-order valence-corrected chi connectivity index (χ2v) is 8.09. The Bertz CT molecular complexity index is 1300. The second kappa shape index (κ2) is 8.00. The molecule has 0 radical (unpaired) electrons. The summed E-state index contributed by atoms with van der Waals surface area (Å²) in [5.41, 5.74) is 3.30. The third-order valence-electron chi connectivity index (χ3n) is 6.01. The molecule has 0 bridgehead atoms. The maximum absolute atomic E-state index is 13.2. The molecule has 158 valence electrons. The summed E-state index contributed by atoms with van der Waals surface area (Å²) in [4.78, 5) is 33.7. The van der Waals surface area contributed by atoms with E-state index in [2.05, 4.69) is 34.1 Å². The molecule has 1 saturated heterocycles. The van der Waals surface area contributed by atoms with Gasteiger partial charge >= 0.3 is 0 Å². The van der Waals surface area contributed by atoms with E-state index in [1.165, 1.54) is 11.6 Å². The molecule has 0 aliphatic carbocycles. The Balaban J connectivity index is 1.36. The van der Waals surface area contributed by atoms with Crippen LogP contribution in [0.1, 0.15) is 11.3 Å². The van der Waals surface area contributed by atoms with E-state index in [4.69, 9.17) is 0 Å². The van der Waals surface area contributed by atoms with Crippen molar-refractivity contribution in [3.05, 3.63) is 82.3 Å². The molecule has 1 fully saturated rings. The predicted molar refractivity (Wildman–Crippen MR) is 120 cm³/mol. The molecular formula is C24H25N5O2. The molecular weight excluding hydrogens is 390 g/mol. The van der Waals surface area contributed by atoms with E-state index in [0.29, 0.717) is 5.65 Å². The standard InChI is InChI=1S/C24H25N5O2/c1-18-15-22(30)25-24-20-9-5-6-10-21(20)28(29(18)24)17-23(31)27-13-11-26(12-14-27)16-19-7-3-2-4-8-19/h2-10,15H,11-14,16-17H2,1H3. The van der Waals surface area contributed by atoms with Gasteiger partial charge < -0.3 is 4.90 Å². The summed E-state index contributed by atoms with van der Waals surface area (Å²) in [6, 6.07) is 19.7. The van der Waals surface area contributed by atoms with Gasteiger partial charge in [0.1, 0.15) is 6.54 Å². The first-order chi connectivity index (χ1) is 15.1. The van der Waals surface area contributed by atoms with E-state index >= 15 is 0 Å². The summed E-state index contributed by atoms with van der Waals surface area (Å²) in [5, 5.41) is 0.879. The van der Waals surface area contributed by atoms with Gasteiger partial charge in [-0.1, -0.05) is 42.5 Å². The van der Waals surface area contributed by atoms with Crippen LogP contribution in [0.3, 0.4) is 0 Å². The van der Waals surface area contributed by atoms with Crippen LogP contribution >= 0.6 is 0 Å². The predicted octanol–water partition coefficient (Wildman–Crippen LogP) is 2.30. The first-order valence-electron chi connectivity index (χ1n) is 10.6. The number of carbonyl (C=O) groups is 1. The van der Waals surface area contributed by atoms with E-state index < -0.39 is 0 Å². The highest BCUT2D eigenvalue weighted by atomic mass is 16.2. The normalized spacial score (nSPS) is 15.1. The fraction of sp³-hybridized carbons (Fsp3) is 0.292. The zero-order valence-electron chi connectivity index (χ0n) is 17.6. The van der Waals surface area contributed by atoms with Crippen LogP contribution in [0.5, 0.6) is 0 Å². The van der Waals surface area contributed by atoms with E-state index in [9.17, 15) is 9.59 Å². The van der Waals surface area contributed by atoms with Crippen molar-refractivity contribution in [2.45, 2.75) is 20.0 Å². The van der Waals surface area contributed by atoms with Crippen LogP contribution in [0.4, 0.5) is 0 Å². The SMILES string of the molecule is Cc1cc(=O)nc2c3ccccc3n(CC(=O)N3CCN(Cc4ccccc4)CC3)n12. The largest absolute Gasteiger partial charge is 0.339 e. The molecule has 4 aromatic rings. The van der Waals surface area contributed by atoms with E-state index in [1.54, 1.807) is 0 Å². The Morgan fingerprint density at radius 2 is 1.68 bits per heavy atom. The van der Waals surface area contributed by atoms with Gasteiger partial charge in [0.15, 0.2) is 5.65 Å². The third-order valence-corrected chi connectivity index (χ3v) is 6.01. The van der Waals surface area contributed by atoms with Crippen molar-refractivity contribution >= 4 is 22.5 Å². The van der Waals surface area contributed by atoms with Crippen LogP contribution in [-0.4, -0.2) is 56.1 Å². The molecule has 31 heavy (non-hydrogen) atoms. The number of aryl methyl sites for hydroxylation is 1. The first kappa shape index (κ1) is 19.5. The molecule has 0 spiro atoms. The minimum Gasteiger partial charge on any atom is -0.339 e. The van der Waals surface area contributed by atoms with Crippen molar-refractivity contribution in [2.75, 3.05) is 26.2 Å². The van der Waals surface area contributed by atoms with Gasteiger partial charge in [0.05, 0.1) is 5.52 Å². The smallest absolute Gasteiger partial charge is 0.273 e. The van der Waals surface area contributed by atoms with Crippen molar-refractivity contribution in [1.82, 2.24) is 24.0 Å². The zero-order valence-corrected chi connectivity index (χ0v) is 17.6. The van der Waals surface area contributed by atoms with Crippen LogP contribution in [0.2, 0.25) is 0 Å². The summed E-state index contributed by atoms with van der Waals surface area (Å²) in [6.45, 7) is 6.16. The lowest BCUT2D eigenvalue weighted by molar-refractivity contribution is -0.133. The maximum Gasteiger partial charge on any atom is 0.273 e. The summed E-state index contributed by atoms with van der Waals surface area (Å²) >= 11 is 0. The van der Waals surface area contributed by atoms with E-state index in [-0.39, 0.29) is 18.0 Å². The van der Waals surface area contributed by atoms with E-state index in [1.807, 2.05) is 51.4 Å². The molecule has 2 aromatic carbocycles. The Labute approximate surface area is 180 Å². The van der Waals surface area contributed by atoms with Gasteiger partial charge in [-0.05, 0) is 24.6 Å². The monoisotopic (exact) mass is 415 g/mol. The topological polar surface area (TPSA) is 62.9 Å². The molecule has 5 rings (SSSR count). The van der Waals surface area contributed by atoms with Gasteiger partial charge in [-0.25, -0.2) is 4.52 Å². The molecule has 3 heterocycles. The van der Waals surface area contributed by atoms with Crippen molar-refractivity contribution in [3.63, 3.8) is 0 Å². The lowest BCUT2D eigenvalue weighted by Crippen LogP contribution is -2.49. The molecule has 0 atom stereocenters. The zero-order chi connectivity index (χ0) is 21.4. The number of rotatable bonds is 4. The van der Waals surface area contributed by atoms with Gasteiger partial charge in [-0.2, -0.15) is 4.98 Å². The van der Waals surface area contributed by atoms with Gasteiger partial charge in [-0.3, -0.25) is 19.2 Å². The van der Waals surface area contributed by atoms with Gasteiger partial charge in [0.25, 0.3) is 5.56 Å². The highest BCUT2D eigenvalue weighted by Crippen LogP contribution is 2.21. The van der Waals surface area contributed by atoms with Crippen LogP contribution in [0, 0.1) is 6.92 Å². The third kappa shape index (κ3) is 3.72. The number of para-hydroxylation sites is 1.